The normalized spacial score (nSPS) is 11.7. The second-order valence-electron chi connectivity index (χ2n) is 4.83. The summed E-state index contributed by atoms with van der Waals surface area (Å²) in [5.41, 5.74) is 0.275. The van der Waals surface area contributed by atoms with E-state index in [2.05, 4.69) is 4.98 Å². The summed E-state index contributed by atoms with van der Waals surface area (Å²) < 4.78 is 47.9. The highest BCUT2D eigenvalue weighted by atomic mass is 19.4. The van der Waals surface area contributed by atoms with Crippen LogP contribution in [-0.2, 0) is 6.18 Å². The lowest BCUT2D eigenvalue weighted by Gasteiger charge is -2.07. The van der Waals surface area contributed by atoms with E-state index in [1.54, 1.807) is 13.0 Å². The van der Waals surface area contributed by atoms with Crippen LogP contribution in [0.3, 0.4) is 0 Å². The molecule has 0 aliphatic heterocycles. The van der Waals surface area contributed by atoms with E-state index in [0.29, 0.717) is 17.0 Å². The van der Waals surface area contributed by atoms with Crippen molar-refractivity contribution in [1.82, 2.24) is 4.98 Å². The van der Waals surface area contributed by atoms with E-state index in [1.807, 2.05) is 0 Å². The standard InChI is InChI=1S/C16H10F3NO3/c1-9-20-13-7-6-12(8-14(13)22-9)23-15(21)10-2-4-11(5-3-10)16(17,18)19/h2-8H,1H3. The molecule has 3 rings (SSSR count). The van der Waals surface area contributed by atoms with Gasteiger partial charge in [0, 0.05) is 13.0 Å². The summed E-state index contributed by atoms with van der Waals surface area (Å²) in [6, 6.07) is 8.47. The second kappa shape index (κ2) is 5.42. The number of halogens is 3. The zero-order valence-corrected chi connectivity index (χ0v) is 11.8. The molecule has 0 aliphatic rings. The molecule has 0 aliphatic carbocycles. The van der Waals surface area contributed by atoms with Gasteiger partial charge in [-0.25, -0.2) is 9.78 Å². The molecule has 0 spiro atoms. The van der Waals surface area contributed by atoms with Crippen LogP contribution in [0.15, 0.2) is 46.9 Å². The number of fused-ring (bicyclic) bond motifs is 1. The average molecular weight is 321 g/mol. The van der Waals surface area contributed by atoms with Crippen LogP contribution in [0.4, 0.5) is 13.2 Å². The number of aromatic nitrogens is 1. The molecule has 0 bridgehead atoms. The lowest BCUT2D eigenvalue weighted by molar-refractivity contribution is -0.137. The van der Waals surface area contributed by atoms with Gasteiger partial charge in [0.15, 0.2) is 11.5 Å². The van der Waals surface area contributed by atoms with Crippen molar-refractivity contribution in [3.63, 3.8) is 0 Å². The van der Waals surface area contributed by atoms with E-state index in [9.17, 15) is 18.0 Å². The zero-order chi connectivity index (χ0) is 16.6. The Bertz CT molecular complexity index is 866. The third-order valence-corrected chi connectivity index (χ3v) is 3.13. The van der Waals surface area contributed by atoms with Crippen molar-refractivity contribution in [1.29, 1.82) is 0 Å². The zero-order valence-electron chi connectivity index (χ0n) is 11.8. The smallest absolute Gasteiger partial charge is 0.416 e. The van der Waals surface area contributed by atoms with Crippen molar-refractivity contribution in [2.45, 2.75) is 13.1 Å². The van der Waals surface area contributed by atoms with Gasteiger partial charge in [-0.15, -0.1) is 0 Å². The molecule has 2 aromatic carbocycles. The summed E-state index contributed by atoms with van der Waals surface area (Å²) in [6.45, 7) is 1.69. The van der Waals surface area contributed by atoms with Crippen LogP contribution >= 0.6 is 0 Å². The maximum atomic E-state index is 12.5. The molecule has 0 unspecified atom stereocenters. The average Bonchev–Trinajstić information content (AvgIpc) is 2.86. The molecule has 0 N–H and O–H groups in total. The first-order chi connectivity index (χ1) is 10.8. The second-order valence-corrected chi connectivity index (χ2v) is 4.83. The fourth-order valence-corrected chi connectivity index (χ4v) is 2.04. The van der Waals surface area contributed by atoms with E-state index in [1.165, 1.54) is 12.1 Å². The van der Waals surface area contributed by atoms with Gasteiger partial charge in [0.1, 0.15) is 11.3 Å². The first-order valence-corrected chi connectivity index (χ1v) is 6.59. The van der Waals surface area contributed by atoms with Crippen LogP contribution in [0.25, 0.3) is 11.1 Å². The lowest BCUT2D eigenvalue weighted by Crippen LogP contribution is -2.10. The van der Waals surface area contributed by atoms with Gasteiger partial charge in [-0.1, -0.05) is 0 Å². The summed E-state index contributed by atoms with van der Waals surface area (Å²) in [7, 11) is 0. The summed E-state index contributed by atoms with van der Waals surface area (Å²) in [5.74, 6) is -0.0564. The van der Waals surface area contributed by atoms with Gasteiger partial charge in [0.2, 0.25) is 0 Å². The summed E-state index contributed by atoms with van der Waals surface area (Å²) in [5, 5.41) is 0. The molecular weight excluding hydrogens is 311 g/mol. The van der Waals surface area contributed by atoms with Crippen LogP contribution < -0.4 is 4.74 Å². The topological polar surface area (TPSA) is 52.3 Å². The van der Waals surface area contributed by atoms with Crippen LogP contribution in [0.5, 0.6) is 5.75 Å². The molecule has 23 heavy (non-hydrogen) atoms. The molecule has 0 saturated heterocycles. The number of oxazole rings is 1. The van der Waals surface area contributed by atoms with Crippen molar-refractivity contribution in [3.05, 3.63) is 59.5 Å². The Hall–Kier alpha value is -2.83. The highest BCUT2D eigenvalue weighted by molar-refractivity contribution is 5.91. The van der Waals surface area contributed by atoms with Gasteiger partial charge < -0.3 is 9.15 Å². The fourth-order valence-electron chi connectivity index (χ4n) is 2.04. The maximum absolute atomic E-state index is 12.5. The number of rotatable bonds is 2. The van der Waals surface area contributed by atoms with Gasteiger partial charge >= 0.3 is 12.1 Å². The number of hydrogen-bond acceptors (Lipinski definition) is 4. The van der Waals surface area contributed by atoms with Crippen LogP contribution in [0, 0.1) is 6.92 Å². The number of alkyl halides is 3. The van der Waals surface area contributed by atoms with Crippen molar-refractivity contribution >= 4 is 17.1 Å². The Labute approximate surface area is 128 Å². The molecule has 0 amide bonds. The van der Waals surface area contributed by atoms with Gasteiger partial charge in [-0.2, -0.15) is 13.2 Å². The van der Waals surface area contributed by atoms with Crippen LogP contribution in [0.2, 0.25) is 0 Å². The van der Waals surface area contributed by atoms with Crippen molar-refractivity contribution < 1.29 is 27.1 Å². The highest BCUT2D eigenvalue weighted by Gasteiger charge is 2.30. The minimum Gasteiger partial charge on any atom is -0.441 e. The first kappa shape index (κ1) is 15.1. The van der Waals surface area contributed by atoms with Gasteiger partial charge in [0.05, 0.1) is 11.1 Å². The van der Waals surface area contributed by atoms with Crippen molar-refractivity contribution in [2.24, 2.45) is 0 Å². The molecule has 1 heterocycles. The Kier molecular flexibility index (Phi) is 3.55. The van der Waals surface area contributed by atoms with Gasteiger partial charge in [-0.05, 0) is 36.4 Å². The third kappa shape index (κ3) is 3.18. The van der Waals surface area contributed by atoms with Crippen molar-refractivity contribution in [2.75, 3.05) is 0 Å². The predicted octanol–water partition coefficient (Wildman–Crippen LogP) is 4.37. The highest BCUT2D eigenvalue weighted by Crippen LogP contribution is 2.29. The molecule has 4 nitrogen and oxygen atoms in total. The van der Waals surface area contributed by atoms with Crippen LogP contribution in [-0.4, -0.2) is 11.0 Å². The number of nitrogens with zero attached hydrogens (tertiary/aromatic N) is 1. The Morgan fingerprint density at radius 3 is 2.48 bits per heavy atom. The molecule has 7 heteroatoms. The number of carbonyl (C=O) groups is 1. The monoisotopic (exact) mass is 321 g/mol. The quantitative estimate of drug-likeness (QED) is 0.519. The van der Waals surface area contributed by atoms with E-state index >= 15 is 0 Å². The van der Waals surface area contributed by atoms with Crippen LogP contribution in [0.1, 0.15) is 21.8 Å². The minimum absolute atomic E-state index is 0.0202. The number of benzene rings is 2. The Balaban J connectivity index is 1.79. The largest absolute Gasteiger partial charge is 0.441 e. The molecule has 3 aromatic rings. The minimum atomic E-state index is -4.45. The number of hydrogen-bond donors (Lipinski definition) is 0. The van der Waals surface area contributed by atoms with E-state index in [4.69, 9.17) is 9.15 Å². The number of esters is 1. The molecular formula is C16H10F3NO3. The molecule has 0 saturated carbocycles. The maximum Gasteiger partial charge on any atom is 0.416 e. The molecule has 0 atom stereocenters. The predicted molar refractivity (Wildman–Crippen MR) is 75.1 cm³/mol. The Morgan fingerprint density at radius 2 is 1.83 bits per heavy atom. The molecule has 118 valence electrons. The SMILES string of the molecule is Cc1nc2ccc(OC(=O)c3ccc(C(F)(F)F)cc3)cc2o1. The summed E-state index contributed by atoms with van der Waals surface area (Å²) in [4.78, 5) is 16.1. The van der Waals surface area contributed by atoms with Gasteiger partial charge in [-0.3, -0.25) is 0 Å². The fraction of sp³-hybridized carbons (Fsp3) is 0.125. The molecule has 0 radical (unpaired) electrons. The third-order valence-electron chi connectivity index (χ3n) is 3.13. The van der Waals surface area contributed by atoms with E-state index in [0.717, 1.165) is 24.3 Å². The first-order valence-electron chi connectivity index (χ1n) is 6.59. The van der Waals surface area contributed by atoms with Crippen molar-refractivity contribution in [3.8, 4) is 5.75 Å². The summed E-state index contributed by atoms with van der Waals surface area (Å²) in [6.07, 6.45) is -4.45. The number of ether oxygens (including phenoxy) is 1. The Morgan fingerprint density at radius 1 is 1.13 bits per heavy atom. The number of carbonyl (C=O) groups excluding carboxylic acids is 1. The number of aryl methyl sites for hydroxylation is 1. The van der Waals surface area contributed by atoms with Gasteiger partial charge in [0.25, 0.3) is 0 Å². The van der Waals surface area contributed by atoms with E-state index in [-0.39, 0.29) is 11.3 Å². The molecule has 0 fully saturated rings. The lowest BCUT2D eigenvalue weighted by atomic mass is 10.1. The summed E-state index contributed by atoms with van der Waals surface area (Å²) >= 11 is 0. The molecule has 1 aromatic heterocycles. The van der Waals surface area contributed by atoms with E-state index < -0.39 is 17.7 Å².